The molecule has 23 heavy (non-hydrogen) atoms. The topological polar surface area (TPSA) is 70.8 Å². The first kappa shape index (κ1) is 15.5. The number of carboxylic acids is 1. The van der Waals surface area contributed by atoms with Crippen molar-refractivity contribution in [3.63, 3.8) is 0 Å². The van der Waals surface area contributed by atoms with Gasteiger partial charge in [-0.15, -0.1) is 0 Å². The van der Waals surface area contributed by atoms with Gasteiger partial charge in [-0.25, -0.2) is 4.79 Å². The molecule has 5 nitrogen and oxygen atoms in total. The summed E-state index contributed by atoms with van der Waals surface area (Å²) in [6.07, 6.45) is 3.06. The van der Waals surface area contributed by atoms with Crippen molar-refractivity contribution in [1.82, 2.24) is 4.90 Å². The standard InChI is InChI=1S/C16H11NO4S2/c18-14-12(9-11-7-4-8-21-11)23-16(22)17(14)13(15(19)20)10-5-2-1-3-6-10/h1-9,13H,(H,19,20)/b12-9-. The highest BCUT2D eigenvalue weighted by molar-refractivity contribution is 8.26. The molecule has 0 saturated carbocycles. The fourth-order valence-corrected chi connectivity index (χ4v) is 3.54. The maximum atomic E-state index is 12.6. The van der Waals surface area contributed by atoms with Crippen LogP contribution in [0.4, 0.5) is 0 Å². The predicted octanol–water partition coefficient (Wildman–Crippen LogP) is 3.31. The SMILES string of the molecule is O=C(O)C(c1ccccc1)N1C(=O)/C(=C/c2ccco2)SC1=S. The summed E-state index contributed by atoms with van der Waals surface area (Å²) in [4.78, 5) is 25.8. The second-order valence-corrected chi connectivity index (χ2v) is 6.39. The lowest BCUT2D eigenvalue weighted by molar-refractivity contribution is -0.145. The van der Waals surface area contributed by atoms with Crippen LogP contribution in [0.1, 0.15) is 17.4 Å². The summed E-state index contributed by atoms with van der Waals surface area (Å²) < 4.78 is 5.40. The summed E-state index contributed by atoms with van der Waals surface area (Å²) in [5.41, 5.74) is 0.496. The number of carboxylic acid groups (broad SMARTS) is 1. The number of amides is 1. The third-order valence-corrected chi connectivity index (χ3v) is 4.58. The number of nitrogens with zero attached hydrogens (tertiary/aromatic N) is 1. The number of rotatable bonds is 4. The zero-order chi connectivity index (χ0) is 16.4. The molecule has 1 saturated heterocycles. The molecular weight excluding hydrogens is 334 g/mol. The number of thioether (sulfide) groups is 1. The van der Waals surface area contributed by atoms with E-state index < -0.39 is 17.9 Å². The minimum atomic E-state index is -1.15. The predicted molar refractivity (Wildman–Crippen MR) is 90.5 cm³/mol. The Morgan fingerprint density at radius 1 is 1.26 bits per heavy atom. The molecule has 1 unspecified atom stereocenters. The normalized spacial score (nSPS) is 17.7. The molecule has 116 valence electrons. The minimum absolute atomic E-state index is 0.212. The smallest absolute Gasteiger partial charge is 0.331 e. The van der Waals surface area contributed by atoms with E-state index in [1.165, 1.54) is 6.26 Å². The number of aliphatic carboxylic acids is 1. The van der Waals surface area contributed by atoms with E-state index in [-0.39, 0.29) is 4.32 Å². The van der Waals surface area contributed by atoms with Crippen LogP contribution in [0, 0.1) is 0 Å². The van der Waals surface area contributed by atoms with Gasteiger partial charge in [0.05, 0.1) is 11.2 Å². The zero-order valence-corrected chi connectivity index (χ0v) is 13.3. The molecule has 1 atom stereocenters. The summed E-state index contributed by atoms with van der Waals surface area (Å²) in [6, 6.07) is 10.8. The van der Waals surface area contributed by atoms with Crippen LogP contribution >= 0.6 is 24.0 Å². The molecule has 2 aromatic rings. The van der Waals surface area contributed by atoms with E-state index in [9.17, 15) is 14.7 Å². The van der Waals surface area contributed by atoms with Crippen LogP contribution in [0.2, 0.25) is 0 Å². The summed E-state index contributed by atoms with van der Waals surface area (Å²) in [6.45, 7) is 0. The van der Waals surface area contributed by atoms with Gasteiger partial charge in [-0.05, 0) is 17.7 Å². The lowest BCUT2D eigenvalue weighted by atomic mass is 10.1. The van der Waals surface area contributed by atoms with E-state index >= 15 is 0 Å². The maximum Gasteiger partial charge on any atom is 0.331 e. The van der Waals surface area contributed by atoms with Crippen molar-refractivity contribution in [3.8, 4) is 0 Å². The molecular formula is C16H11NO4S2. The quantitative estimate of drug-likeness (QED) is 0.677. The first-order valence-corrected chi connectivity index (χ1v) is 7.88. The Morgan fingerprint density at radius 2 is 2.00 bits per heavy atom. The van der Waals surface area contributed by atoms with E-state index in [4.69, 9.17) is 16.6 Å². The lowest BCUT2D eigenvalue weighted by Crippen LogP contribution is -2.37. The van der Waals surface area contributed by atoms with Crippen LogP contribution in [0.25, 0.3) is 6.08 Å². The Kier molecular flexibility index (Phi) is 4.31. The van der Waals surface area contributed by atoms with Gasteiger partial charge in [0.2, 0.25) is 0 Å². The first-order valence-electron chi connectivity index (χ1n) is 6.66. The Morgan fingerprint density at radius 3 is 2.61 bits per heavy atom. The van der Waals surface area contributed by atoms with Crippen molar-refractivity contribution >= 4 is 46.3 Å². The fourth-order valence-electron chi connectivity index (χ4n) is 2.24. The van der Waals surface area contributed by atoms with Crippen molar-refractivity contribution in [3.05, 3.63) is 65.0 Å². The van der Waals surface area contributed by atoms with Gasteiger partial charge in [-0.1, -0.05) is 54.3 Å². The highest BCUT2D eigenvalue weighted by Crippen LogP contribution is 2.38. The van der Waals surface area contributed by atoms with E-state index in [0.717, 1.165) is 16.7 Å². The maximum absolute atomic E-state index is 12.6. The second-order valence-electron chi connectivity index (χ2n) is 4.72. The van der Waals surface area contributed by atoms with Gasteiger partial charge < -0.3 is 9.52 Å². The van der Waals surface area contributed by atoms with Gasteiger partial charge in [0.15, 0.2) is 6.04 Å². The summed E-state index contributed by atoms with van der Waals surface area (Å²) >= 11 is 6.29. The van der Waals surface area contributed by atoms with Crippen molar-refractivity contribution in [1.29, 1.82) is 0 Å². The van der Waals surface area contributed by atoms with Crippen molar-refractivity contribution in [2.45, 2.75) is 6.04 Å². The van der Waals surface area contributed by atoms with Gasteiger partial charge in [-0.2, -0.15) is 0 Å². The molecule has 1 amide bonds. The fraction of sp³-hybridized carbons (Fsp3) is 0.0625. The molecule has 1 aromatic carbocycles. The third-order valence-electron chi connectivity index (χ3n) is 3.25. The Balaban J connectivity index is 1.97. The van der Waals surface area contributed by atoms with Crippen LogP contribution in [-0.2, 0) is 9.59 Å². The number of hydrogen-bond acceptors (Lipinski definition) is 5. The van der Waals surface area contributed by atoms with Crippen molar-refractivity contribution in [2.75, 3.05) is 0 Å². The molecule has 1 N–H and O–H groups in total. The molecule has 1 aliphatic heterocycles. The number of carbonyl (C=O) groups is 2. The number of hydrogen-bond donors (Lipinski definition) is 1. The Bertz CT molecular complexity index is 784. The molecule has 0 bridgehead atoms. The number of carbonyl (C=O) groups excluding carboxylic acids is 1. The van der Waals surface area contributed by atoms with Crippen molar-refractivity contribution < 1.29 is 19.1 Å². The summed E-state index contributed by atoms with van der Waals surface area (Å²) in [7, 11) is 0. The van der Waals surface area contributed by atoms with Crippen LogP contribution in [0.3, 0.4) is 0 Å². The van der Waals surface area contributed by atoms with Crippen LogP contribution in [-0.4, -0.2) is 26.2 Å². The van der Waals surface area contributed by atoms with E-state index in [1.54, 1.807) is 48.5 Å². The lowest BCUT2D eigenvalue weighted by Gasteiger charge is -2.23. The largest absolute Gasteiger partial charge is 0.479 e. The average molecular weight is 345 g/mol. The van der Waals surface area contributed by atoms with E-state index in [0.29, 0.717) is 16.2 Å². The third kappa shape index (κ3) is 3.06. The monoisotopic (exact) mass is 345 g/mol. The Hall–Kier alpha value is -2.38. The average Bonchev–Trinajstić information content (AvgIpc) is 3.12. The summed E-state index contributed by atoms with van der Waals surface area (Å²) in [5, 5.41) is 9.56. The van der Waals surface area contributed by atoms with Gasteiger partial charge >= 0.3 is 5.97 Å². The molecule has 7 heteroatoms. The molecule has 1 aromatic heterocycles. The number of furan rings is 1. The first-order chi connectivity index (χ1) is 11.1. The number of thiocarbonyl (C=S) groups is 1. The molecule has 1 aliphatic rings. The second kappa shape index (κ2) is 6.39. The van der Waals surface area contributed by atoms with Crippen LogP contribution in [0.5, 0.6) is 0 Å². The molecule has 3 rings (SSSR count). The molecule has 2 heterocycles. The Labute approximate surface area is 141 Å². The van der Waals surface area contributed by atoms with E-state index in [2.05, 4.69) is 0 Å². The minimum Gasteiger partial charge on any atom is -0.479 e. The molecule has 1 fully saturated rings. The molecule has 0 aliphatic carbocycles. The van der Waals surface area contributed by atoms with Crippen LogP contribution < -0.4 is 0 Å². The van der Waals surface area contributed by atoms with Gasteiger partial charge in [0.1, 0.15) is 10.1 Å². The summed E-state index contributed by atoms with van der Waals surface area (Å²) in [5.74, 6) is -1.06. The van der Waals surface area contributed by atoms with Crippen LogP contribution in [0.15, 0.2) is 58.1 Å². The van der Waals surface area contributed by atoms with Gasteiger partial charge in [0, 0.05) is 6.08 Å². The van der Waals surface area contributed by atoms with E-state index in [1.807, 2.05) is 0 Å². The van der Waals surface area contributed by atoms with Crippen molar-refractivity contribution in [2.24, 2.45) is 0 Å². The number of benzene rings is 1. The molecule has 0 spiro atoms. The zero-order valence-electron chi connectivity index (χ0n) is 11.7. The highest BCUT2D eigenvalue weighted by atomic mass is 32.2. The highest BCUT2D eigenvalue weighted by Gasteiger charge is 2.41. The van der Waals surface area contributed by atoms with Gasteiger partial charge in [-0.3, -0.25) is 9.69 Å². The molecule has 0 radical (unpaired) electrons. The van der Waals surface area contributed by atoms with Gasteiger partial charge in [0.25, 0.3) is 5.91 Å².